The number of hydrogen-bond acceptors (Lipinski definition) is 8. The molecule has 194 valence electrons. The van der Waals surface area contributed by atoms with Gasteiger partial charge in [-0.05, 0) is 55.2 Å². The molecule has 2 atom stereocenters. The quantitative estimate of drug-likeness (QED) is 0.240. The zero-order valence-electron chi connectivity index (χ0n) is 20.8. The predicted octanol–water partition coefficient (Wildman–Crippen LogP) is 4.38. The molecule has 37 heavy (non-hydrogen) atoms. The van der Waals surface area contributed by atoms with Crippen molar-refractivity contribution in [1.29, 1.82) is 0 Å². The number of aromatic hydroxyl groups is 2. The highest BCUT2D eigenvalue weighted by atomic mass is 32.2. The summed E-state index contributed by atoms with van der Waals surface area (Å²) in [5, 5.41) is 23.7. The number of carbonyl (C=O) groups excluding carboxylic acids is 1. The topological polar surface area (TPSA) is 138 Å². The molecule has 0 aliphatic heterocycles. The standard InChI is InChI=1S/C27H29N3O6S/c1-15-12-22(32)25(34)26(36-15)17(16-8-9-21(31)23(13-16)35-2)14-24(33)28-20(10-11-37-3)27-29-18-6-4-5-7-19(18)30-27/h4-9,12-13,17,20,31,34H,10-11,14H2,1-3H3,(H,28,33)(H,29,30)/t17-,20+/m1/s1. The van der Waals surface area contributed by atoms with Crippen molar-refractivity contribution in [2.24, 2.45) is 0 Å². The Hall–Kier alpha value is -3.92. The van der Waals surface area contributed by atoms with Crippen LogP contribution in [0.1, 0.15) is 47.7 Å². The Morgan fingerprint density at radius 3 is 2.73 bits per heavy atom. The van der Waals surface area contributed by atoms with E-state index in [4.69, 9.17) is 9.15 Å². The SMILES string of the molecule is COc1cc([C@@H](CC(=O)N[C@@H](CCSC)c2nc3ccccc3[nH]2)c2oc(C)cc(=O)c2O)ccc1O. The normalized spacial score (nSPS) is 12.8. The maximum atomic E-state index is 13.4. The van der Waals surface area contributed by atoms with E-state index in [0.717, 1.165) is 16.8 Å². The van der Waals surface area contributed by atoms with Crippen LogP contribution in [0.25, 0.3) is 11.0 Å². The van der Waals surface area contributed by atoms with Gasteiger partial charge in [0.15, 0.2) is 17.3 Å². The van der Waals surface area contributed by atoms with Gasteiger partial charge in [-0.1, -0.05) is 18.2 Å². The fourth-order valence-electron chi connectivity index (χ4n) is 4.22. The lowest BCUT2D eigenvalue weighted by atomic mass is 9.91. The molecule has 2 aromatic carbocycles. The highest BCUT2D eigenvalue weighted by Crippen LogP contribution is 2.37. The summed E-state index contributed by atoms with van der Waals surface area (Å²) in [5.41, 5.74) is 1.61. The highest BCUT2D eigenvalue weighted by Gasteiger charge is 2.28. The van der Waals surface area contributed by atoms with Crippen molar-refractivity contribution in [3.8, 4) is 17.2 Å². The molecule has 2 aromatic heterocycles. The average Bonchev–Trinajstić information content (AvgIpc) is 3.32. The number of aryl methyl sites for hydroxylation is 1. The van der Waals surface area contributed by atoms with Crippen LogP contribution >= 0.6 is 11.8 Å². The number of methoxy groups -OCH3 is 1. The molecule has 2 heterocycles. The van der Waals surface area contributed by atoms with Crippen LogP contribution in [0.5, 0.6) is 17.2 Å². The first-order valence-electron chi connectivity index (χ1n) is 11.7. The van der Waals surface area contributed by atoms with Gasteiger partial charge in [0, 0.05) is 12.5 Å². The number of amides is 1. The Labute approximate surface area is 217 Å². The van der Waals surface area contributed by atoms with Crippen LogP contribution in [0.3, 0.4) is 0 Å². The lowest BCUT2D eigenvalue weighted by Crippen LogP contribution is -2.31. The van der Waals surface area contributed by atoms with Gasteiger partial charge < -0.3 is 29.7 Å². The highest BCUT2D eigenvalue weighted by molar-refractivity contribution is 7.98. The number of H-pyrrole nitrogens is 1. The summed E-state index contributed by atoms with van der Waals surface area (Å²) >= 11 is 1.66. The number of para-hydroxylation sites is 2. The van der Waals surface area contributed by atoms with E-state index in [2.05, 4.69) is 15.3 Å². The van der Waals surface area contributed by atoms with Gasteiger partial charge >= 0.3 is 0 Å². The molecule has 0 fully saturated rings. The summed E-state index contributed by atoms with van der Waals surface area (Å²) in [6.45, 7) is 1.60. The van der Waals surface area contributed by atoms with Crippen molar-refractivity contribution in [2.45, 2.75) is 31.7 Å². The smallest absolute Gasteiger partial charge is 0.227 e. The van der Waals surface area contributed by atoms with Gasteiger partial charge in [0.1, 0.15) is 11.6 Å². The second-order valence-corrected chi connectivity index (χ2v) is 9.65. The van der Waals surface area contributed by atoms with Crippen LogP contribution in [0.4, 0.5) is 0 Å². The summed E-state index contributed by atoms with van der Waals surface area (Å²) in [4.78, 5) is 33.7. The maximum absolute atomic E-state index is 13.4. The first-order valence-corrected chi connectivity index (χ1v) is 13.1. The van der Waals surface area contributed by atoms with Gasteiger partial charge in [0.05, 0.1) is 30.1 Å². The van der Waals surface area contributed by atoms with E-state index in [1.807, 2.05) is 30.5 Å². The van der Waals surface area contributed by atoms with Crippen LogP contribution in [0.2, 0.25) is 0 Å². The Morgan fingerprint density at radius 1 is 1.22 bits per heavy atom. The van der Waals surface area contributed by atoms with Gasteiger partial charge in [-0.3, -0.25) is 9.59 Å². The predicted molar refractivity (Wildman–Crippen MR) is 142 cm³/mol. The lowest BCUT2D eigenvalue weighted by molar-refractivity contribution is -0.122. The number of nitrogens with one attached hydrogen (secondary N) is 2. The van der Waals surface area contributed by atoms with Crippen LogP contribution in [-0.2, 0) is 4.79 Å². The van der Waals surface area contributed by atoms with Crippen molar-refractivity contribution < 1.29 is 24.2 Å². The summed E-state index contributed by atoms with van der Waals surface area (Å²) < 4.78 is 11.0. The minimum Gasteiger partial charge on any atom is -0.504 e. The number of aromatic nitrogens is 2. The number of imidazole rings is 1. The van der Waals surface area contributed by atoms with Crippen molar-refractivity contribution >= 4 is 28.7 Å². The number of hydrogen-bond donors (Lipinski definition) is 4. The van der Waals surface area contributed by atoms with Crippen molar-refractivity contribution in [3.05, 3.63) is 81.7 Å². The number of fused-ring (bicyclic) bond motifs is 1. The van der Waals surface area contributed by atoms with Gasteiger partial charge in [-0.25, -0.2) is 4.98 Å². The molecule has 9 nitrogen and oxygen atoms in total. The summed E-state index contributed by atoms with van der Waals surface area (Å²) in [6.07, 6.45) is 2.51. The third-order valence-electron chi connectivity index (χ3n) is 6.07. The number of phenols is 1. The summed E-state index contributed by atoms with van der Waals surface area (Å²) in [6, 6.07) is 13.0. The van der Waals surface area contributed by atoms with Crippen molar-refractivity contribution in [2.75, 3.05) is 19.1 Å². The van der Waals surface area contributed by atoms with E-state index >= 15 is 0 Å². The molecule has 0 aliphatic carbocycles. The zero-order chi connectivity index (χ0) is 26.5. The molecule has 4 aromatic rings. The number of thioether (sulfide) groups is 1. The molecule has 0 aliphatic rings. The summed E-state index contributed by atoms with van der Waals surface area (Å²) in [5.74, 6) is 0.123. The first-order chi connectivity index (χ1) is 17.8. The molecule has 4 N–H and O–H groups in total. The largest absolute Gasteiger partial charge is 0.504 e. The number of nitrogens with zero attached hydrogens (tertiary/aromatic N) is 1. The second kappa shape index (κ2) is 11.4. The number of phenolic OH excluding ortho intramolecular Hbond substituents is 1. The average molecular weight is 524 g/mol. The van der Waals surface area contributed by atoms with E-state index in [-0.39, 0.29) is 35.6 Å². The molecule has 4 rings (SSSR count). The van der Waals surface area contributed by atoms with E-state index in [0.29, 0.717) is 23.6 Å². The molecule has 0 radical (unpaired) electrons. The fraction of sp³-hybridized carbons (Fsp3) is 0.296. The summed E-state index contributed by atoms with van der Waals surface area (Å²) in [7, 11) is 1.41. The van der Waals surface area contributed by atoms with Crippen LogP contribution in [-0.4, -0.2) is 45.2 Å². The minimum absolute atomic E-state index is 0.0303. The van der Waals surface area contributed by atoms with Crippen molar-refractivity contribution in [1.82, 2.24) is 15.3 Å². The third kappa shape index (κ3) is 5.91. The second-order valence-electron chi connectivity index (χ2n) is 8.66. The minimum atomic E-state index is -0.820. The Morgan fingerprint density at radius 2 is 2.00 bits per heavy atom. The molecule has 1 amide bonds. The van der Waals surface area contributed by atoms with Crippen LogP contribution < -0.4 is 15.5 Å². The molecule has 0 unspecified atom stereocenters. The Kier molecular flexibility index (Phi) is 8.08. The number of benzene rings is 2. The Bertz CT molecular complexity index is 1430. The molecular weight excluding hydrogens is 494 g/mol. The van der Waals surface area contributed by atoms with E-state index in [9.17, 15) is 19.8 Å². The molecule has 0 saturated carbocycles. The number of carbonyl (C=O) groups is 1. The van der Waals surface area contributed by atoms with Gasteiger partial charge in [0.2, 0.25) is 17.1 Å². The molecule has 0 bridgehead atoms. The van der Waals surface area contributed by atoms with Crippen LogP contribution in [0.15, 0.2) is 57.7 Å². The Balaban J connectivity index is 1.68. The molecule has 10 heteroatoms. The molecule has 0 saturated heterocycles. The van der Waals surface area contributed by atoms with E-state index in [1.54, 1.807) is 30.8 Å². The maximum Gasteiger partial charge on any atom is 0.227 e. The molecule has 0 spiro atoms. The number of ether oxygens (including phenoxy) is 1. The van der Waals surface area contributed by atoms with Crippen LogP contribution in [0, 0.1) is 6.92 Å². The lowest BCUT2D eigenvalue weighted by Gasteiger charge is -2.21. The fourth-order valence-corrected chi connectivity index (χ4v) is 4.70. The van der Waals surface area contributed by atoms with Gasteiger partial charge in [0.25, 0.3) is 0 Å². The number of aromatic amines is 1. The number of rotatable bonds is 10. The van der Waals surface area contributed by atoms with Crippen molar-refractivity contribution in [3.63, 3.8) is 0 Å². The van der Waals surface area contributed by atoms with E-state index < -0.39 is 17.1 Å². The van der Waals surface area contributed by atoms with E-state index in [1.165, 1.54) is 19.2 Å². The monoisotopic (exact) mass is 523 g/mol. The zero-order valence-corrected chi connectivity index (χ0v) is 21.6. The van der Waals surface area contributed by atoms with Gasteiger partial charge in [-0.15, -0.1) is 0 Å². The third-order valence-corrected chi connectivity index (χ3v) is 6.71. The first kappa shape index (κ1) is 26.2. The molecular formula is C27H29N3O6S. The van der Waals surface area contributed by atoms with Gasteiger partial charge in [-0.2, -0.15) is 11.8 Å².